The molecule has 0 aromatic rings. The van der Waals surface area contributed by atoms with Gasteiger partial charge in [0.1, 0.15) is 0 Å². The van der Waals surface area contributed by atoms with Crippen LogP contribution in [0.2, 0.25) is 0 Å². The van der Waals surface area contributed by atoms with E-state index >= 15 is 0 Å². The normalized spacial score (nSPS) is 13.9. The summed E-state index contributed by atoms with van der Waals surface area (Å²) in [5.41, 5.74) is 0. The molecule has 0 saturated heterocycles. The molecule has 0 heterocycles. The minimum absolute atomic E-state index is 0.295. The van der Waals surface area contributed by atoms with E-state index in [0.29, 0.717) is 5.92 Å². The molecule has 0 amide bonds. The molecule has 0 radical (unpaired) electrons. The number of rotatable bonds is 4. The lowest BCUT2D eigenvalue weighted by molar-refractivity contribution is -0.134. The van der Waals surface area contributed by atoms with Crippen LogP contribution in [0.1, 0.15) is 20.3 Å². The van der Waals surface area contributed by atoms with Crippen molar-refractivity contribution >= 4 is 5.97 Å². The van der Waals surface area contributed by atoms with Crippen LogP contribution < -0.4 is 0 Å². The van der Waals surface area contributed by atoms with Crippen LogP contribution in [-0.2, 0) is 9.53 Å². The highest BCUT2D eigenvalue weighted by atomic mass is 16.5. The van der Waals surface area contributed by atoms with Gasteiger partial charge >= 0.3 is 5.97 Å². The maximum absolute atomic E-state index is 10.7. The Balaban J connectivity index is 3.82. The first-order valence-corrected chi connectivity index (χ1v) is 4.13. The van der Waals surface area contributed by atoms with Gasteiger partial charge in [-0.1, -0.05) is 32.1 Å². The van der Waals surface area contributed by atoms with E-state index in [2.05, 4.69) is 23.8 Å². The smallest absolute Gasteiger partial charge is 0.330 e. The van der Waals surface area contributed by atoms with Crippen molar-refractivity contribution in [2.75, 3.05) is 7.11 Å². The predicted octanol–water partition coefficient (Wildman–Crippen LogP) is 2.32. The zero-order valence-corrected chi connectivity index (χ0v) is 7.91. The molecule has 0 aliphatic heterocycles. The van der Waals surface area contributed by atoms with Gasteiger partial charge in [-0.25, -0.2) is 4.79 Å². The highest BCUT2D eigenvalue weighted by molar-refractivity contribution is 5.81. The topological polar surface area (TPSA) is 26.3 Å². The van der Waals surface area contributed by atoms with Crippen LogP contribution in [0.25, 0.3) is 0 Å². The fourth-order valence-electron chi connectivity index (χ4n) is 0.713. The molecule has 2 nitrogen and oxygen atoms in total. The Morgan fingerprint density at radius 3 is 2.67 bits per heavy atom. The first kappa shape index (κ1) is 11.0. The van der Waals surface area contributed by atoms with E-state index in [1.54, 1.807) is 0 Å². The van der Waals surface area contributed by atoms with Gasteiger partial charge in [0.05, 0.1) is 7.11 Å². The molecule has 1 atom stereocenters. The third-order valence-corrected chi connectivity index (χ3v) is 1.41. The first-order valence-electron chi connectivity index (χ1n) is 4.13. The molecule has 68 valence electrons. The Morgan fingerprint density at radius 1 is 1.50 bits per heavy atom. The van der Waals surface area contributed by atoms with Crippen molar-refractivity contribution in [2.45, 2.75) is 20.3 Å². The molecule has 0 aliphatic rings. The summed E-state index contributed by atoms with van der Waals surface area (Å²) in [5.74, 6) is -0.00389. The third kappa shape index (κ3) is 5.71. The average Bonchev–Trinajstić information content (AvgIpc) is 2.10. The Kier molecular flexibility index (Phi) is 6.07. The second-order valence-corrected chi connectivity index (χ2v) is 2.58. The number of allylic oxidation sites excluding steroid dienone is 3. The largest absolute Gasteiger partial charge is 0.466 e. The molecule has 0 unspecified atom stereocenters. The molecule has 0 aromatic carbocycles. The van der Waals surface area contributed by atoms with Gasteiger partial charge < -0.3 is 4.74 Å². The highest BCUT2D eigenvalue weighted by Crippen LogP contribution is 2.00. The van der Waals surface area contributed by atoms with Crippen LogP contribution >= 0.6 is 0 Å². The van der Waals surface area contributed by atoms with Gasteiger partial charge in [-0.15, -0.1) is 0 Å². The van der Waals surface area contributed by atoms with Gasteiger partial charge in [0.2, 0.25) is 0 Å². The molecule has 0 fully saturated rings. The maximum atomic E-state index is 10.7. The second-order valence-electron chi connectivity index (χ2n) is 2.58. The van der Waals surface area contributed by atoms with Crippen LogP contribution in [0, 0.1) is 5.92 Å². The third-order valence-electron chi connectivity index (χ3n) is 1.41. The van der Waals surface area contributed by atoms with Gasteiger partial charge in [-0.05, 0) is 12.3 Å². The monoisotopic (exact) mass is 168 g/mol. The average molecular weight is 168 g/mol. The van der Waals surface area contributed by atoms with Crippen LogP contribution in [-0.4, -0.2) is 13.1 Å². The Morgan fingerprint density at radius 2 is 2.17 bits per heavy atom. The number of hydrogen-bond donors (Lipinski definition) is 0. The molecular formula is C10H16O2. The molecule has 0 spiro atoms. The highest BCUT2D eigenvalue weighted by Gasteiger charge is 1.93. The summed E-state index contributed by atoms with van der Waals surface area (Å²) in [6, 6.07) is 0. The van der Waals surface area contributed by atoms with Crippen LogP contribution in [0.4, 0.5) is 0 Å². The second kappa shape index (κ2) is 6.65. The summed E-state index contributed by atoms with van der Waals surface area (Å²) in [7, 11) is 1.37. The molecule has 0 aromatic heterocycles. The zero-order chi connectivity index (χ0) is 9.40. The van der Waals surface area contributed by atoms with Gasteiger partial charge in [-0.3, -0.25) is 0 Å². The summed E-state index contributed by atoms with van der Waals surface area (Å²) < 4.78 is 4.46. The lowest BCUT2D eigenvalue weighted by atomic mass is 10.1. The molecule has 0 saturated carbocycles. The van der Waals surface area contributed by atoms with Crippen molar-refractivity contribution in [1.29, 1.82) is 0 Å². The summed E-state index contributed by atoms with van der Waals surface area (Å²) in [5, 5.41) is 0. The Labute approximate surface area is 73.9 Å². The van der Waals surface area contributed by atoms with Crippen molar-refractivity contribution in [3.8, 4) is 0 Å². The number of hydrogen-bond acceptors (Lipinski definition) is 2. The van der Waals surface area contributed by atoms with Crippen molar-refractivity contribution in [1.82, 2.24) is 0 Å². The van der Waals surface area contributed by atoms with Crippen molar-refractivity contribution in [3.63, 3.8) is 0 Å². The number of carbonyl (C=O) groups excluding carboxylic acids is 1. The van der Waals surface area contributed by atoms with Crippen LogP contribution in [0.15, 0.2) is 24.3 Å². The van der Waals surface area contributed by atoms with E-state index in [0.717, 1.165) is 6.42 Å². The van der Waals surface area contributed by atoms with Gasteiger partial charge in [-0.2, -0.15) is 0 Å². The number of ether oxygens (including phenoxy) is 1. The van der Waals surface area contributed by atoms with Gasteiger partial charge in [0.15, 0.2) is 0 Å². The van der Waals surface area contributed by atoms with E-state index < -0.39 is 0 Å². The predicted molar refractivity (Wildman–Crippen MR) is 49.8 cm³/mol. The fraction of sp³-hybridized carbons (Fsp3) is 0.500. The SMILES string of the molecule is CC/C=C\[C@@H](C)/C=C/C(=O)OC. The lowest BCUT2D eigenvalue weighted by Crippen LogP contribution is -1.95. The summed E-state index contributed by atoms with van der Waals surface area (Å²) in [6.07, 6.45) is 8.42. The Bertz CT molecular complexity index is 180. The maximum Gasteiger partial charge on any atom is 0.330 e. The first-order chi connectivity index (χ1) is 5.70. The number of carbonyl (C=O) groups is 1. The molecule has 0 rings (SSSR count). The zero-order valence-electron chi connectivity index (χ0n) is 7.91. The molecule has 0 bridgehead atoms. The van der Waals surface area contributed by atoms with E-state index in [1.807, 2.05) is 13.0 Å². The molecule has 0 aliphatic carbocycles. The molecule has 12 heavy (non-hydrogen) atoms. The molecule has 0 N–H and O–H groups in total. The van der Waals surface area contributed by atoms with E-state index in [4.69, 9.17) is 0 Å². The van der Waals surface area contributed by atoms with Crippen molar-refractivity contribution in [3.05, 3.63) is 24.3 Å². The van der Waals surface area contributed by atoms with Gasteiger partial charge in [0, 0.05) is 6.08 Å². The summed E-state index contributed by atoms with van der Waals surface area (Å²) in [6.45, 7) is 4.10. The summed E-state index contributed by atoms with van der Waals surface area (Å²) in [4.78, 5) is 10.7. The lowest BCUT2D eigenvalue weighted by Gasteiger charge is -1.96. The number of esters is 1. The van der Waals surface area contributed by atoms with Crippen LogP contribution in [0.3, 0.4) is 0 Å². The summed E-state index contributed by atoms with van der Waals surface area (Å²) >= 11 is 0. The van der Waals surface area contributed by atoms with Crippen molar-refractivity contribution < 1.29 is 9.53 Å². The number of methoxy groups -OCH3 is 1. The van der Waals surface area contributed by atoms with Crippen LogP contribution in [0.5, 0.6) is 0 Å². The van der Waals surface area contributed by atoms with Crippen molar-refractivity contribution in [2.24, 2.45) is 5.92 Å². The molecule has 2 heteroatoms. The molecular weight excluding hydrogens is 152 g/mol. The van der Waals surface area contributed by atoms with E-state index in [-0.39, 0.29) is 5.97 Å². The Hall–Kier alpha value is -1.05. The van der Waals surface area contributed by atoms with Gasteiger partial charge in [0.25, 0.3) is 0 Å². The standard InChI is InChI=1S/C10H16O2/c1-4-5-6-9(2)7-8-10(11)12-3/h5-9H,4H2,1-3H3/b6-5-,8-7+/t9-/m1/s1. The minimum atomic E-state index is -0.299. The minimum Gasteiger partial charge on any atom is -0.466 e. The fourth-order valence-corrected chi connectivity index (χ4v) is 0.713. The van der Waals surface area contributed by atoms with E-state index in [9.17, 15) is 4.79 Å². The van der Waals surface area contributed by atoms with E-state index in [1.165, 1.54) is 13.2 Å². The quantitative estimate of drug-likeness (QED) is 0.366.